The molecule has 19 heavy (non-hydrogen) atoms. The topological polar surface area (TPSA) is 31.4 Å². The zero-order chi connectivity index (χ0) is 14.8. The number of hydrogen-bond donors (Lipinski definition) is 0. The molecule has 0 saturated heterocycles. The molecule has 1 aromatic heterocycles. The fourth-order valence-electron chi connectivity index (χ4n) is 1.17. The van der Waals surface area contributed by atoms with E-state index in [4.69, 9.17) is 0 Å². The molecule has 0 saturated carbocycles. The second-order valence-electron chi connectivity index (χ2n) is 3.18. The van der Waals surface area contributed by atoms with Crippen LogP contribution in [-0.2, 0) is 12.9 Å². The number of halogens is 7. The molecule has 3 nitrogen and oxygen atoms in total. The van der Waals surface area contributed by atoms with Gasteiger partial charge in [0.1, 0.15) is 12.4 Å². The molecule has 0 amide bonds. The lowest BCUT2D eigenvalue weighted by Gasteiger charge is -2.16. The van der Waals surface area contributed by atoms with Gasteiger partial charge >= 0.3 is 12.5 Å². The first kappa shape index (κ1) is 15.3. The van der Waals surface area contributed by atoms with E-state index >= 15 is 0 Å². The Morgan fingerprint density at radius 3 is 2.11 bits per heavy atom. The maximum absolute atomic E-state index is 12.5. The average Bonchev–Trinajstić information content (AvgIpc) is 2.25. The van der Waals surface area contributed by atoms with Crippen LogP contribution in [0.4, 0.5) is 30.7 Å². The minimum atomic E-state index is -5.21. The summed E-state index contributed by atoms with van der Waals surface area (Å²) in [6, 6.07) is 0.129. The number of aromatic nitrogens is 1. The first-order valence-corrected chi connectivity index (χ1v) is 4.55. The predicted octanol–water partition coefficient (Wildman–Crippen LogP) is 3.48. The quantitative estimate of drug-likeness (QED) is 0.800. The third kappa shape index (κ3) is 3.86. The third-order valence-corrected chi connectivity index (χ3v) is 1.86. The summed E-state index contributed by atoms with van der Waals surface area (Å²) in [7, 11) is 0.785. The van der Waals surface area contributed by atoms with Crippen LogP contribution in [0.25, 0.3) is 0 Å². The van der Waals surface area contributed by atoms with Crippen molar-refractivity contribution >= 4 is 0 Å². The van der Waals surface area contributed by atoms with Crippen molar-refractivity contribution in [3.05, 3.63) is 17.3 Å². The lowest BCUT2D eigenvalue weighted by molar-refractivity contribution is -0.275. The van der Waals surface area contributed by atoms with E-state index < -0.39 is 42.1 Å². The van der Waals surface area contributed by atoms with E-state index in [1.54, 1.807) is 0 Å². The fourth-order valence-corrected chi connectivity index (χ4v) is 1.17. The Bertz CT molecular complexity index is 430. The molecule has 0 atom stereocenters. The maximum atomic E-state index is 12.5. The molecule has 0 aliphatic carbocycles. The van der Waals surface area contributed by atoms with E-state index in [1.165, 1.54) is 0 Å². The summed E-state index contributed by atoms with van der Waals surface area (Å²) in [5.74, 6) is -2.33. The Morgan fingerprint density at radius 1 is 1.16 bits per heavy atom. The van der Waals surface area contributed by atoms with Crippen LogP contribution < -0.4 is 9.47 Å². The van der Waals surface area contributed by atoms with Crippen molar-refractivity contribution in [2.45, 2.75) is 19.2 Å². The molecular weight excluding hydrogens is 287 g/mol. The SMILES string of the molecule is COc1nc(C(F)(F)F)cc(CF)c1OC(F)(F)F. The zero-order valence-electron chi connectivity index (χ0n) is 9.19. The van der Waals surface area contributed by atoms with E-state index in [1.807, 2.05) is 0 Å². The molecule has 0 N–H and O–H groups in total. The first-order valence-electron chi connectivity index (χ1n) is 4.55. The Labute approximate surface area is 101 Å². The van der Waals surface area contributed by atoms with Crippen molar-refractivity contribution < 1.29 is 40.2 Å². The van der Waals surface area contributed by atoms with Crippen molar-refractivity contribution in [2.75, 3.05) is 7.11 Å². The van der Waals surface area contributed by atoms with Crippen LogP contribution in [0.2, 0.25) is 0 Å². The van der Waals surface area contributed by atoms with Crippen LogP contribution in [0.1, 0.15) is 11.3 Å². The highest BCUT2D eigenvalue weighted by Crippen LogP contribution is 2.39. The third-order valence-electron chi connectivity index (χ3n) is 1.86. The zero-order valence-corrected chi connectivity index (χ0v) is 9.19. The minimum absolute atomic E-state index is 0.129. The van der Waals surface area contributed by atoms with Gasteiger partial charge in [-0.25, -0.2) is 9.37 Å². The van der Waals surface area contributed by atoms with Crippen LogP contribution in [0.5, 0.6) is 11.6 Å². The van der Waals surface area contributed by atoms with Gasteiger partial charge in [-0.2, -0.15) is 13.2 Å². The van der Waals surface area contributed by atoms with E-state index in [9.17, 15) is 30.7 Å². The molecule has 0 bridgehead atoms. The first-order chi connectivity index (χ1) is 8.58. The molecule has 0 spiro atoms. The summed E-state index contributed by atoms with van der Waals surface area (Å²) in [6.45, 7) is -1.60. The number of pyridine rings is 1. The largest absolute Gasteiger partial charge is 0.573 e. The second kappa shape index (κ2) is 5.10. The van der Waals surface area contributed by atoms with Crippen LogP contribution >= 0.6 is 0 Å². The predicted molar refractivity (Wildman–Crippen MR) is 47.3 cm³/mol. The molecule has 1 rings (SSSR count). The molecule has 10 heteroatoms. The summed E-state index contributed by atoms with van der Waals surface area (Å²) in [5, 5.41) is 0. The van der Waals surface area contributed by atoms with Crippen molar-refractivity contribution in [1.82, 2.24) is 4.98 Å². The molecule has 0 fully saturated rings. The van der Waals surface area contributed by atoms with Crippen LogP contribution in [0, 0.1) is 0 Å². The van der Waals surface area contributed by atoms with Crippen molar-refractivity contribution in [1.29, 1.82) is 0 Å². The van der Waals surface area contributed by atoms with Crippen LogP contribution in [0.3, 0.4) is 0 Å². The summed E-state index contributed by atoms with van der Waals surface area (Å²) in [4.78, 5) is 2.82. The number of ether oxygens (including phenoxy) is 2. The van der Waals surface area contributed by atoms with E-state index in [2.05, 4.69) is 14.5 Å². The second-order valence-corrected chi connectivity index (χ2v) is 3.18. The van der Waals surface area contributed by atoms with Gasteiger partial charge in [-0.3, -0.25) is 0 Å². The number of methoxy groups -OCH3 is 1. The number of nitrogens with zero attached hydrogens (tertiary/aromatic N) is 1. The van der Waals surface area contributed by atoms with Gasteiger partial charge < -0.3 is 9.47 Å². The smallest absolute Gasteiger partial charge is 0.478 e. The molecule has 0 radical (unpaired) electrons. The Hall–Kier alpha value is -1.74. The fraction of sp³-hybridized carbons (Fsp3) is 0.444. The Balaban J connectivity index is 3.38. The van der Waals surface area contributed by atoms with E-state index in [-0.39, 0.29) is 6.07 Å². The summed E-state index contributed by atoms with van der Waals surface area (Å²) in [5.41, 5.74) is -2.54. The van der Waals surface area contributed by atoms with Crippen molar-refractivity contribution in [3.8, 4) is 11.6 Å². The van der Waals surface area contributed by atoms with E-state index in [0.29, 0.717) is 0 Å². The van der Waals surface area contributed by atoms with Gasteiger partial charge in [0.25, 0.3) is 5.88 Å². The molecule has 1 heterocycles. The molecule has 108 valence electrons. The normalized spacial score (nSPS) is 12.4. The lowest BCUT2D eigenvalue weighted by atomic mass is 10.2. The van der Waals surface area contributed by atoms with Gasteiger partial charge in [-0.15, -0.1) is 13.2 Å². The van der Waals surface area contributed by atoms with Gasteiger partial charge in [0.15, 0.2) is 5.75 Å². The van der Waals surface area contributed by atoms with Gasteiger partial charge in [0.2, 0.25) is 0 Å². The van der Waals surface area contributed by atoms with Crippen LogP contribution in [0.15, 0.2) is 6.07 Å². The summed E-state index contributed by atoms with van der Waals surface area (Å²) < 4.78 is 93.6. The molecule has 0 aliphatic rings. The maximum Gasteiger partial charge on any atom is 0.573 e. The Kier molecular flexibility index (Phi) is 4.11. The monoisotopic (exact) mass is 293 g/mol. The molecule has 1 aromatic rings. The molecule has 0 aromatic carbocycles. The standard InChI is InChI=1S/C9H6F7NO2/c1-18-7-6(19-9(14,15)16)4(3-10)2-5(17-7)8(11,12)13/h2H,3H2,1H3. The molecule has 0 unspecified atom stereocenters. The highest BCUT2D eigenvalue weighted by atomic mass is 19.4. The van der Waals surface area contributed by atoms with Crippen LogP contribution in [-0.4, -0.2) is 18.5 Å². The lowest BCUT2D eigenvalue weighted by Crippen LogP contribution is -2.20. The van der Waals surface area contributed by atoms with Crippen molar-refractivity contribution in [3.63, 3.8) is 0 Å². The number of alkyl halides is 7. The Morgan fingerprint density at radius 2 is 1.74 bits per heavy atom. The highest BCUT2D eigenvalue weighted by molar-refractivity contribution is 5.43. The summed E-state index contributed by atoms with van der Waals surface area (Å²) in [6.07, 6.45) is -10.2. The van der Waals surface area contributed by atoms with E-state index in [0.717, 1.165) is 7.11 Å². The van der Waals surface area contributed by atoms with Gasteiger partial charge in [0.05, 0.1) is 7.11 Å². The van der Waals surface area contributed by atoms with Gasteiger partial charge in [-0.1, -0.05) is 0 Å². The molecular formula is C9H6F7NO2. The van der Waals surface area contributed by atoms with Crippen molar-refractivity contribution in [2.24, 2.45) is 0 Å². The van der Waals surface area contributed by atoms with Gasteiger partial charge in [0, 0.05) is 5.56 Å². The number of hydrogen-bond acceptors (Lipinski definition) is 3. The summed E-state index contributed by atoms with van der Waals surface area (Å²) >= 11 is 0. The van der Waals surface area contributed by atoms with Gasteiger partial charge in [-0.05, 0) is 6.07 Å². The average molecular weight is 293 g/mol. The number of rotatable bonds is 3. The highest BCUT2D eigenvalue weighted by Gasteiger charge is 2.38. The minimum Gasteiger partial charge on any atom is -0.478 e. The molecule has 0 aliphatic heterocycles.